The topological polar surface area (TPSA) is 93.8 Å². The third kappa shape index (κ3) is 3.15. The Morgan fingerprint density at radius 2 is 2.03 bits per heavy atom. The average molecular weight is 584 g/mol. The predicted molar refractivity (Wildman–Crippen MR) is 144 cm³/mol. The number of nitrogens with zero attached hydrogens (tertiary/aromatic N) is 2. The van der Waals surface area contributed by atoms with Gasteiger partial charge in [0, 0.05) is 16.1 Å². The fourth-order valence-electron chi connectivity index (χ4n) is 9.45. The van der Waals surface area contributed by atoms with E-state index in [4.69, 9.17) is 14.6 Å². The normalized spacial score (nSPS) is 42.9. The van der Waals surface area contributed by atoms with E-state index >= 15 is 0 Å². The smallest absolute Gasteiger partial charge is 0.193 e. The molecule has 1 unspecified atom stereocenters. The molecule has 4 aliphatic carbocycles. The molecule has 1 aromatic heterocycles. The van der Waals surface area contributed by atoms with Gasteiger partial charge in [0.25, 0.3) is 0 Å². The Labute approximate surface area is 231 Å². The van der Waals surface area contributed by atoms with Crippen LogP contribution in [0, 0.1) is 28.6 Å². The van der Waals surface area contributed by atoms with E-state index in [0.29, 0.717) is 6.42 Å². The number of halogens is 1. The lowest BCUT2D eigenvalue weighted by Gasteiger charge is -2.60. The number of aliphatic hydroxyl groups excluding tert-OH is 2. The number of benzene rings is 1. The van der Waals surface area contributed by atoms with E-state index < -0.39 is 30.0 Å². The molecule has 1 aromatic carbocycles. The first-order chi connectivity index (χ1) is 18.1. The quantitative estimate of drug-likeness (QED) is 0.555. The molecule has 202 valence electrons. The van der Waals surface area contributed by atoms with Crippen molar-refractivity contribution in [2.75, 3.05) is 6.61 Å². The first-order valence-electron chi connectivity index (χ1n) is 13.8. The van der Waals surface area contributed by atoms with Crippen molar-refractivity contribution in [3.05, 3.63) is 51.8 Å². The highest BCUT2D eigenvalue weighted by molar-refractivity contribution is 9.10. The molecule has 1 saturated heterocycles. The van der Waals surface area contributed by atoms with Gasteiger partial charge in [-0.1, -0.05) is 35.4 Å². The molecule has 5 aliphatic rings. The molecule has 0 bridgehead atoms. The minimum atomic E-state index is -1.19. The van der Waals surface area contributed by atoms with Crippen LogP contribution >= 0.6 is 15.9 Å². The van der Waals surface area contributed by atoms with Crippen LogP contribution in [-0.4, -0.2) is 56.5 Å². The number of ketones is 1. The molecule has 2 heterocycles. The van der Waals surface area contributed by atoms with Crippen LogP contribution in [0.15, 0.2) is 40.5 Å². The van der Waals surface area contributed by atoms with Crippen LogP contribution in [0.25, 0.3) is 11.8 Å². The maximum atomic E-state index is 13.3. The van der Waals surface area contributed by atoms with Gasteiger partial charge >= 0.3 is 0 Å². The maximum absolute atomic E-state index is 13.3. The molecule has 8 heteroatoms. The second kappa shape index (κ2) is 8.33. The fourth-order valence-corrected chi connectivity index (χ4v) is 9.71. The van der Waals surface area contributed by atoms with Gasteiger partial charge in [0.1, 0.15) is 6.61 Å². The maximum Gasteiger partial charge on any atom is 0.193 e. The van der Waals surface area contributed by atoms with Crippen LogP contribution in [-0.2, 0) is 20.7 Å². The lowest BCUT2D eigenvalue weighted by molar-refractivity contribution is -0.199. The standard InChI is InChI=1S/C30H35BrN2O5/c1-16-37-26-11-22-21-9-4-18-10-23-17(14-33(32-23)20-7-5-19(31)6-8-20)12-28(18,2)27(21)24(35)13-29(22,3)30(26,38-16)25(36)15-34/h5-8,10,14,16,21-22,24,26-27,34-35H,4,9,11-13,15H2,1-3H3/t16?,21-,22-,24-,26+,27+,28-,29-,30+/m0/s1. The van der Waals surface area contributed by atoms with Gasteiger partial charge in [0.2, 0.25) is 0 Å². The molecule has 7 rings (SSSR count). The summed E-state index contributed by atoms with van der Waals surface area (Å²) in [5.74, 6) is 0.176. The second-order valence-electron chi connectivity index (χ2n) is 12.6. The molecule has 2 aromatic rings. The van der Waals surface area contributed by atoms with Crippen molar-refractivity contribution in [3.8, 4) is 5.69 Å². The second-order valence-corrected chi connectivity index (χ2v) is 13.5. The molecule has 0 spiro atoms. The van der Waals surface area contributed by atoms with Crippen molar-refractivity contribution in [1.82, 2.24) is 9.78 Å². The molecular formula is C30H35BrN2O5. The van der Waals surface area contributed by atoms with E-state index in [1.807, 2.05) is 23.7 Å². The van der Waals surface area contributed by atoms with Gasteiger partial charge in [-0.3, -0.25) is 4.79 Å². The minimum Gasteiger partial charge on any atom is -0.393 e. The summed E-state index contributed by atoms with van der Waals surface area (Å²) in [5.41, 5.74) is 2.64. The third-order valence-corrected chi connectivity index (χ3v) is 11.4. The van der Waals surface area contributed by atoms with Crippen molar-refractivity contribution in [2.45, 2.75) is 77.0 Å². The molecule has 3 saturated carbocycles. The number of aliphatic hydroxyl groups is 2. The Morgan fingerprint density at radius 3 is 2.76 bits per heavy atom. The summed E-state index contributed by atoms with van der Waals surface area (Å²) >= 11 is 3.51. The lowest BCUT2D eigenvalue weighted by atomic mass is 9.45. The monoisotopic (exact) mass is 582 g/mol. The summed E-state index contributed by atoms with van der Waals surface area (Å²) in [6, 6.07) is 8.15. The van der Waals surface area contributed by atoms with Crippen LogP contribution < -0.4 is 0 Å². The minimum absolute atomic E-state index is 0.0716. The Kier molecular flexibility index (Phi) is 5.52. The number of hydrogen-bond donors (Lipinski definition) is 2. The van der Waals surface area contributed by atoms with E-state index in [0.717, 1.165) is 41.5 Å². The highest BCUT2D eigenvalue weighted by Gasteiger charge is 2.75. The van der Waals surface area contributed by atoms with Crippen LogP contribution in [0.5, 0.6) is 0 Å². The average Bonchev–Trinajstić information content (AvgIpc) is 3.50. The van der Waals surface area contributed by atoms with Gasteiger partial charge in [0.15, 0.2) is 17.7 Å². The third-order valence-electron chi connectivity index (χ3n) is 10.9. The van der Waals surface area contributed by atoms with Crippen LogP contribution in [0.4, 0.5) is 0 Å². The summed E-state index contributed by atoms with van der Waals surface area (Å²) in [6.45, 7) is 5.66. The number of rotatable bonds is 3. The number of hydrogen-bond acceptors (Lipinski definition) is 6. The van der Waals surface area contributed by atoms with Crippen LogP contribution in [0.1, 0.15) is 57.7 Å². The molecule has 38 heavy (non-hydrogen) atoms. The zero-order valence-corrected chi connectivity index (χ0v) is 23.6. The number of carbonyl (C=O) groups excluding carboxylic acids is 1. The summed E-state index contributed by atoms with van der Waals surface area (Å²) < 4.78 is 15.4. The Hall–Kier alpha value is -1.84. The number of Topliss-reactive ketones (excluding diaryl/α,β-unsaturated/α-hetero) is 1. The molecular weight excluding hydrogens is 548 g/mol. The molecule has 7 nitrogen and oxygen atoms in total. The summed E-state index contributed by atoms with van der Waals surface area (Å²) in [6.07, 6.45) is 6.86. The molecule has 0 radical (unpaired) electrons. The number of ether oxygens (including phenoxy) is 2. The van der Waals surface area contributed by atoms with Gasteiger partial charge in [-0.05, 0) is 98.1 Å². The van der Waals surface area contributed by atoms with Gasteiger partial charge in [-0.15, -0.1) is 0 Å². The highest BCUT2D eigenvalue weighted by Crippen LogP contribution is 2.70. The van der Waals surface area contributed by atoms with Crippen molar-refractivity contribution in [1.29, 1.82) is 0 Å². The first-order valence-corrected chi connectivity index (χ1v) is 14.6. The van der Waals surface area contributed by atoms with E-state index in [1.54, 1.807) is 0 Å². The van der Waals surface area contributed by atoms with Gasteiger partial charge < -0.3 is 19.7 Å². The van der Waals surface area contributed by atoms with E-state index in [1.165, 1.54) is 11.1 Å². The number of aromatic nitrogens is 2. The van der Waals surface area contributed by atoms with Crippen molar-refractivity contribution in [3.63, 3.8) is 0 Å². The van der Waals surface area contributed by atoms with Gasteiger partial charge in [-0.25, -0.2) is 4.68 Å². The molecule has 2 N–H and O–H groups in total. The number of allylic oxidation sites excluding steroid dienone is 1. The van der Waals surface area contributed by atoms with E-state index in [2.05, 4.69) is 54.2 Å². The molecule has 9 atom stereocenters. The first kappa shape index (κ1) is 25.1. The largest absolute Gasteiger partial charge is 0.393 e. The Bertz CT molecular complexity index is 1340. The van der Waals surface area contributed by atoms with E-state index in [9.17, 15) is 15.0 Å². The van der Waals surface area contributed by atoms with Gasteiger partial charge in [0.05, 0.1) is 23.6 Å². The summed E-state index contributed by atoms with van der Waals surface area (Å²) in [7, 11) is 0. The van der Waals surface area contributed by atoms with Crippen LogP contribution in [0.3, 0.4) is 0 Å². The molecule has 4 fully saturated rings. The van der Waals surface area contributed by atoms with Crippen molar-refractivity contribution in [2.24, 2.45) is 28.6 Å². The van der Waals surface area contributed by atoms with Crippen molar-refractivity contribution < 1.29 is 24.5 Å². The van der Waals surface area contributed by atoms with E-state index in [-0.39, 0.29) is 35.1 Å². The lowest BCUT2D eigenvalue weighted by Crippen LogP contribution is -2.63. The SMILES string of the molecule is CC1O[C@@H]2C[C@H]3[C@@H]4CCC5=Cc6nn(-c7ccc(Br)cc7)cc6C[C@]5(C)[C@H]4[C@@H](O)C[C@]3(C)[C@]2(C(=O)CO)O1. The molecule has 1 aliphatic heterocycles. The predicted octanol–water partition coefficient (Wildman–Crippen LogP) is 4.46. The number of carbonyl (C=O) groups is 1. The summed E-state index contributed by atoms with van der Waals surface area (Å²) in [5, 5.41) is 26.8. The Morgan fingerprint density at radius 1 is 1.26 bits per heavy atom. The van der Waals surface area contributed by atoms with Crippen molar-refractivity contribution >= 4 is 27.8 Å². The number of fused-ring (bicyclic) bond motifs is 8. The highest BCUT2D eigenvalue weighted by atomic mass is 79.9. The van der Waals surface area contributed by atoms with Crippen LogP contribution in [0.2, 0.25) is 0 Å². The fraction of sp³-hybridized carbons (Fsp3) is 0.600. The molecule has 0 amide bonds. The zero-order valence-electron chi connectivity index (χ0n) is 22.1. The van der Waals surface area contributed by atoms with Gasteiger partial charge in [-0.2, -0.15) is 5.10 Å². The summed E-state index contributed by atoms with van der Waals surface area (Å²) in [4.78, 5) is 13.3. The Balaban J connectivity index is 1.25. The zero-order chi connectivity index (χ0) is 26.6.